The molecule has 230 valence electrons. The normalized spacial score (nSPS) is 11.5. The second-order valence-corrected chi connectivity index (χ2v) is 8.54. The molecular formula is C28H58O10. The highest BCUT2D eigenvalue weighted by atomic mass is 16.6. The molecule has 0 bridgehead atoms. The van der Waals surface area contributed by atoms with Gasteiger partial charge in [0, 0.05) is 13.2 Å². The maximum atomic E-state index is 5.52. The Morgan fingerprint density at radius 2 is 0.421 bits per heavy atom. The Kier molecular flexibility index (Phi) is 36.2. The van der Waals surface area contributed by atoms with Gasteiger partial charge >= 0.3 is 0 Å². The summed E-state index contributed by atoms with van der Waals surface area (Å²) < 4.78 is 54.6. The van der Waals surface area contributed by atoms with Gasteiger partial charge in [-0.25, -0.2) is 0 Å². The maximum Gasteiger partial charge on any atom is 0.0701 e. The zero-order valence-corrected chi connectivity index (χ0v) is 24.5. The molecule has 0 aliphatic rings. The predicted octanol–water partition coefficient (Wildman–Crippen LogP) is 3.53. The highest BCUT2D eigenvalue weighted by molar-refractivity contribution is 4.41. The van der Waals surface area contributed by atoms with Crippen molar-refractivity contribution in [3.63, 3.8) is 0 Å². The van der Waals surface area contributed by atoms with Crippen LogP contribution in [0.1, 0.15) is 52.4 Å². The van der Waals surface area contributed by atoms with Crippen LogP contribution in [0.3, 0.4) is 0 Å². The molecule has 0 saturated heterocycles. The van der Waals surface area contributed by atoms with Gasteiger partial charge in [-0.2, -0.15) is 0 Å². The monoisotopic (exact) mass is 554 g/mol. The van der Waals surface area contributed by atoms with Gasteiger partial charge < -0.3 is 47.4 Å². The molecule has 0 aliphatic carbocycles. The average molecular weight is 555 g/mol. The molecule has 0 amide bonds. The minimum absolute atomic E-state index is 0.534. The van der Waals surface area contributed by atoms with Crippen molar-refractivity contribution in [2.24, 2.45) is 0 Å². The minimum Gasteiger partial charge on any atom is -0.379 e. The Balaban J connectivity index is 3.01. The Labute approximate surface area is 232 Å². The van der Waals surface area contributed by atoms with Crippen LogP contribution in [-0.4, -0.2) is 132 Å². The summed E-state index contributed by atoms with van der Waals surface area (Å²) in [7, 11) is 0. The Hall–Kier alpha value is -0.400. The number of rotatable bonds is 35. The lowest BCUT2D eigenvalue weighted by Gasteiger charge is -2.09. The van der Waals surface area contributed by atoms with Crippen LogP contribution in [0.5, 0.6) is 0 Å². The standard InChI is InChI=1S/C28H58O10/c1-3-5-7-8-10-30-12-14-32-16-18-34-20-22-36-24-26-38-28-27-37-25-23-35-21-19-33-17-15-31-13-11-29-9-6-4-2/h3-28H2,1-2H3. The summed E-state index contributed by atoms with van der Waals surface area (Å²) in [4.78, 5) is 0. The summed E-state index contributed by atoms with van der Waals surface area (Å²) in [6.45, 7) is 16.2. The first-order valence-corrected chi connectivity index (χ1v) is 14.7. The van der Waals surface area contributed by atoms with Crippen LogP contribution in [0.4, 0.5) is 0 Å². The molecule has 38 heavy (non-hydrogen) atoms. The van der Waals surface area contributed by atoms with Crippen molar-refractivity contribution in [2.75, 3.05) is 132 Å². The molecule has 0 saturated carbocycles. The third-order valence-electron chi connectivity index (χ3n) is 5.13. The van der Waals surface area contributed by atoms with E-state index in [0.29, 0.717) is 119 Å². The fraction of sp³-hybridized carbons (Fsp3) is 1.00. The zero-order chi connectivity index (χ0) is 27.5. The summed E-state index contributed by atoms with van der Waals surface area (Å²) in [5.74, 6) is 0. The zero-order valence-electron chi connectivity index (χ0n) is 24.5. The van der Waals surface area contributed by atoms with Crippen LogP contribution in [0.2, 0.25) is 0 Å². The average Bonchev–Trinajstić information content (AvgIpc) is 2.93. The summed E-state index contributed by atoms with van der Waals surface area (Å²) in [6.07, 6.45) is 7.17. The van der Waals surface area contributed by atoms with Gasteiger partial charge in [0.2, 0.25) is 0 Å². The smallest absolute Gasteiger partial charge is 0.0701 e. The largest absolute Gasteiger partial charge is 0.379 e. The molecule has 0 unspecified atom stereocenters. The molecule has 0 radical (unpaired) electrons. The van der Waals surface area contributed by atoms with Crippen molar-refractivity contribution in [3.8, 4) is 0 Å². The van der Waals surface area contributed by atoms with Gasteiger partial charge in [-0.05, 0) is 12.8 Å². The summed E-state index contributed by atoms with van der Waals surface area (Å²) in [5, 5.41) is 0. The van der Waals surface area contributed by atoms with Gasteiger partial charge in [0.1, 0.15) is 0 Å². The lowest BCUT2D eigenvalue weighted by atomic mass is 10.2. The van der Waals surface area contributed by atoms with Crippen molar-refractivity contribution in [2.45, 2.75) is 52.4 Å². The van der Waals surface area contributed by atoms with Crippen LogP contribution in [-0.2, 0) is 47.4 Å². The molecule has 0 rings (SSSR count). The van der Waals surface area contributed by atoms with Crippen LogP contribution in [0.15, 0.2) is 0 Å². The Morgan fingerprint density at radius 3 is 0.658 bits per heavy atom. The first-order valence-electron chi connectivity index (χ1n) is 14.7. The van der Waals surface area contributed by atoms with E-state index in [0.717, 1.165) is 32.5 Å². The molecule has 0 aliphatic heterocycles. The fourth-order valence-corrected chi connectivity index (χ4v) is 2.96. The molecule has 0 aromatic rings. The van der Waals surface area contributed by atoms with E-state index in [4.69, 9.17) is 47.4 Å². The van der Waals surface area contributed by atoms with E-state index in [1.807, 2.05) is 0 Å². The van der Waals surface area contributed by atoms with E-state index in [-0.39, 0.29) is 0 Å². The van der Waals surface area contributed by atoms with Gasteiger partial charge in [-0.15, -0.1) is 0 Å². The first kappa shape index (κ1) is 37.6. The lowest BCUT2D eigenvalue weighted by molar-refractivity contribution is -0.0264. The van der Waals surface area contributed by atoms with Gasteiger partial charge in [-0.1, -0.05) is 39.5 Å². The summed E-state index contributed by atoms with van der Waals surface area (Å²) in [5.41, 5.74) is 0. The predicted molar refractivity (Wildman–Crippen MR) is 147 cm³/mol. The van der Waals surface area contributed by atoms with Crippen LogP contribution in [0, 0.1) is 0 Å². The molecule has 10 heteroatoms. The molecule has 0 aromatic carbocycles. The van der Waals surface area contributed by atoms with E-state index in [9.17, 15) is 0 Å². The number of ether oxygens (including phenoxy) is 10. The fourth-order valence-electron chi connectivity index (χ4n) is 2.96. The van der Waals surface area contributed by atoms with E-state index < -0.39 is 0 Å². The van der Waals surface area contributed by atoms with E-state index in [2.05, 4.69) is 13.8 Å². The van der Waals surface area contributed by atoms with Gasteiger partial charge in [0.15, 0.2) is 0 Å². The number of hydrogen-bond donors (Lipinski definition) is 0. The van der Waals surface area contributed by atoms with E-state index in [1.54, 1.807) is 0 Å². The second-order valence-electron chi connectivity index (χ2n) is 8.54. The van der Waals surface area contributed by atoms with E-state index >= 15 is 0 Å². The second kappa shape index (κ2) is 36.6. The molecule has 0 atom stereocenters. The van der Waals surface area contributed by atoms with Crippen LogP contribution >= 0.6 is 0 Å². The molecular weight excluding hydrogens is 496 g/mol. The van der Waals surface area contributed by atoms with Gasteiger partial charge in [0.05, 0.1) is 119 Å². The van der Waals surface area contributed by atoms with Crippen LogP contribution < -0.4 is 0 Å². The van der Waals surface area contributed by atoms with Crippen molar-refractivity contribution >= 4 is 0 Å². The molecule has 0 spiro atoms. The lowest BCUT2D eigenvalue weighted by Crippen LogP contribution is -2.15. The Morgan fingerprint density at radius 1 is 0.211 bits per heavy atom. The van der Waals surface area contributed by atoms with Gasteiger partial charge in [0.25, 0.3) is 0 Å². The molecule has 0 heterocycles. The highest BCUT2D eigenvalue weighted by Crippen LogP contribution is 1.98. The molecule has 0 aromatic heterocycles. The molecule has 0 fully saturated rings. The summed E-state index contributed by atoms with van der Waals surface area (Å²) in [6, 6.07) is 0. The van der Waals surface area contributed by atoms with Gasteiger partial charge in [-0.3, -0.25) is 0 Å². The first-order chi connectivity index (χ1) is 18.9. The summed E-state index contributed by atoms with van der Waals surface area (Å²) >= 11 is 0. The minimum atomic E-state index is 0.534. The van der Waals surface area contributed by atoms with Crippen molar-refractivity contribution in [1.29, 1.82) is 0 Å². The van der Waals surface area contributed by atoms with Crippen molar-refractivity contribution < 1.29 is 47.4 Å². The Bertz CT molecular complexity index is 368. The van der Waals surface area contributed by atoms with Crippen LogP contribution in [0.25, 0.3) is 0 Å². The number of hydrogen-bond acceptors (Lipinski definition) is 10. The SMILES string of the molecule is CCCCCCOCCOCCOCCOCCOCCOCCOCCOCCOCCOCCCC. The van der Waals surface area contributed by atoms with Crippen molar-refractivity contribution in [3.05, 3.63) is 0 Å². The third kappa shape index (κ3) is 35.6. The number of unbranched alkanes of at least 4 members (excludes halogenated alkanes) is 4. The molecule has 10 nitrogen and oxygen atoms in total. The quantitative estimate of drug-likeness (QED) is 0.108. The molecule has 0 N–H and O–H groups in total. The maximum absolute atomic E-state index is 5.52. The topological polar surface area (TPSA) is 92.3 Å². The third-order valence-corrected chi connectivity index (χ3v) is 5.13. The highest BCUT2D eigenvalue weighted by Gasteiger charge is 1.96. The van der Waals surface area contributed by atoms with E-state index in [1.165, 1.54) is 19.3 Å². The van der Waals surface area contributed by atoms with Crippen molar-refractivity contribution in [1.82, 2.24) is 0 Å².